The fraction of sp³-hybridized carbons (Fsp3) is 0.333. The molecule has 1 atom stereocenters. The number of rotatable bonds is 2. The molecule has 0 aliphatic heterocycles. The Balaban J connectivity index is 0.00000144. The van der Waals surface area contributed by atoms with Gasteiger partial charge in [0.2, 0.25) is 0 Å². The van der Waals surface area contributed by atoms with E-state index in [-0.39, 0.29) is 30.2 Å². The predicted octanol–water partition coefficient (Wildman–Crippen LogP) is 0.0540. The van der Waals surface area contributed by atoms with Crippen LogP contribution in [0.25, 0.3) is 17.2 Å². The minimum Gasteiger partial charge on any atom is -1.00 e. The van der Waals surface area contributed by atoms with Gasteiger partial charge in [-0.15, -0.1) is 0 Å². The van der Waals surface area contributed by atoms with Crippen LogP contribution in [0.5, 0.6) is 0 Å². The molecule has 1 unspecified atom stereocenters. The van der Waals surface area contributed by atoms with Crippen molar-refractivity contribution < 1.29 is 49.5 Å². The van der Waals surface area contributed by atoms with Crippen LogP contribution in [-0.4, -0.2) is 0 Å². The van der Waals surface area contributed by atoms with Crippen molar-refractivity contribution in [1.82, 2.24) is 0 Å². The molecule has 2 aromatic carbocycles. The Bertz CT molecular complexity index is 724. The molecule has 0 amide bonds. The molecule has 1 aliphatic carbocycles. The van der Waals surface area contributed by atoms with Crippen LogP contribution >= 0.6 is 0 Å². The Morgan fingerprint density at radius 3 is 2.12 bits per heavy atom. The zero-order valence-electron chi connectivity index (χ0n) is 14.7. The molecule has 2 aromatic rings. The first kappa shape index (κ1) is 21.7. The molecule has 0 aromatic heterocycles. The summed E-state index contributed by atoms with van der Waals surface area (Å²) in [5.74, 6) is 0. The van der Waals surface area contributed by atoms with Crippen LogP contribution in [0.4, 0.5) is 0 Å². The quantitative estimate of drug-likeness (QED) is 0.623. The summed E-state index contributed by atoms with van der Waals surface area (Å²) in [6, 6.07) is 15.9. The van der Waals surface area contributed by atoms with E-state index >= 15 is 0 Å². The second-order valence-electron chi connectivity index (χ2n) is 7.14. The van der Waals surface area contributed by atoms with Gasteiger partial charge in [0.25, 0.3) is 0 Å². The van der Waals surface area contributed by atoms with Crippen LogP contribution in [0.1, 0.15) is 54.4 Å². The molecule has 0 spiro atoms. The molecule has 0 heterocycles. The minimum atomic E-state index is 0. The molecule has 3 heteroatoms. The Labute approximate surface area is 173 Å². The second-order valence-corrected chi connectivity index (χ2v) is 8.56. The van der Waals surface area contributed by atoms with Gasteiger partial charge in [-0.25, -0.2) is 0 Å². The van der Waals surface area contributed by atoms with Crippen molar-refractivity contribution in [2.75, 3.05) is 0 Å². The standard InChI is InChI=1S/C21H23.2ClH.Zr/c1-5-15-13-17-7-6-8-19(20(17)14-15)16-9-11-18(12-10-16)21(2,3)4;;;/h6-14H,5H2,1-4H3;2*1H;/q;;;+2/p-2. The van der Waals surface area contributed by atoms with E-state index in [2.05, 4.69) is 76.2 Å². The maximum absolute atomic E-state index is 2.43. The first-order valence-electron chi connectivity index (χ1n) is 8.07. The van der Waals surface area contributed by atoms with Crippen molar-refractivity contribution in [3.63, 3.8) is 0 Å². The van der Waals surface area contributed by atoms with E-state index < -0.39 is 0 Å². The summed E-state index contributed by atoms with van der Waals surface area (Å²) < 4.78 is 0.654. The molecule has 0 saturated heterocycles. The third kappa shape index (κ3) is 4.06. The van der Waals surface area contributed by atoms with E-state index in [0.717, 1.165) is 6.42 Å². The number of fused-ring (bicyclic) bond motifs is 1. The molecule has 3 rings (SSSR count). The van der Waals surface area contributed by atoms with Crippen molar-refractivity contribution >= 4 is 6.08 Å². The Hall–Kier alpha value is -0.357. The van der Waals surface area contributed by atoms with Crippen LogP contribution in [0.2, 0.25) is 0 Å². The van der Waals surface area contributed by atoms with Gasteiger partial charge in [-0.1, -0.05) is 0 Å². The first-order valence-corrected chi connectivity index (χ1v) is 9.49. The molecule has 0 radical (unpaired) electrons. The smallest absolute Gasteiger partial charge is 1.00 e. The van der Waals surface area contributed by atoms with E-state index in [0.29, 0.717) is 3.63 Å². The number of allylic oxidation sites excluding steroid dienone is 1. The zero-order valence-corrected chi connectivity index (χ0v) is 18.6. The SMILES string of the molecule is CCC1=Cc2c(-c3ccc(C(C)(C)C)cc3)cccc2[CH]1[Zr+2].[Cl-].[Cl-]. The van der Waals surface area contributed by atoms with Gasteiger partial charge in [0, 0.05) is 0 Å². The average molecular weight is 438 g/mol. The summed E-state index contributed by atoms with van der Waals surface area (Å²) in [4.78, 5) is 0. The topological polar surface area (TPSA) is 0 Å². The van der Waals surface area contributed by atoms with E-state index in [1.54, 1.807) is 30.3 Å². The van der Waals surface area contributed by atoms with Crippen molar-refractivity contribution in [1.29, 1.82) is 0 Å². The number of hydrogen-bond acceptors (Lipinski definition) is 0. The number of halogens is 2. The molecule has 0 bridgehead atoms. The third-order valence-corrected chi connectivity index (χ3v) is 6.30. The Morgan fingerprint density at radius 2 is 1.58 bits per heavy atom. The van der Waals surface area contributed by atoms with E-state index in [1.807, 2.05) is 0 Å². The fourth-order valence-corrected chi connectivity index (χ4v) is 4.50. The van der Waals surface area contributed by atoms with E-state index in [1.165, 1.54) is 27.8 Å². The van der Waals surface area contributed by atoms with Gasteiger partial charge in [-0.2, -0.15) is 0 Å². The molecule has 125 valence electrons. The van der Waals surface area contributed by atoms with Crippen LogP contribution in [0, 0.1) is 0 Å². The maximum atomic E-state index is 2.43. The summed E-state index contributed by atoms with van der Waals surface area (Å²) in [6.45, 7) is 9.07. The molecular formula is C21H23Cl2Zr. The van der Waals surface area contributed by atoms with E-state index in [4.69, 9.17) is 0 Å². The largest absolute Gasteiger partial charge is 1.00 e. The minimum absolute atomic E-state index is 0. The van der Waals surface area contributed by atoms with Crippen LogP contribution < -0.4 is 24.8 Å². The van der Waals surface area contributed by atoms with Crippen molar-refractivity contribution in [3.05, 3.63) is 64.7 Å². The Morgan fingerprint density at radius 1 is 0.958 bits per heavy atom. The van der Waals surface area contributed by atoms with Crippen molar-refractivity contribution in [2.24, 2.45) is 0 Å². The molecule has 0 nitrogen and oxygen atoms in total. The van der Waals surface area contributed by atoms with E-state index in [9.17, 15) is 0 Å². The van der Waals surface area contributed by atoms with Gasteiger partial charge in [0.1, 0.15) is 0 Å². The molecular weight excluding hydrogens is 414 g/mol. The molecule has 0 N–H and O–H groups in total. The molecule has 0 saturated carbocycles. The van der Waals surface area contributed by atoms with Crippen LogP contribution in [-0.2, 0) is 30.1 Å². The number of benzene rings is 2. The summed E-state index contributed by atoms with van der Waals surface area (Å²) >= 11 is 1.60. The zero-order chi connectivity index (χ0) is 15.9. The third-order valence-electron chi connectivity index (χ3n) is 4.62. The fourth-order valence-electron chi connectivity index (χ4n) is 3.17. The summed E-state index contributed by atoms with van der Waals surface area (Å²) in [6.07, 6.45) is 3.59. The van der Waals surface area contributed by atoms with Crippen LogP contribution in [0.15, 0.2) is 48.0 Å². The van der Waals surface area contributed by atoms with Gasteiger partial charge in [0.15, 0.2) is 0 Å². The normalized spacial score (nSPS) is 15.9. The molecule has 0 fully saturated rings. The van der Waals surface area contributed by atoms with Gasteiger partial charge in [-0.05, 0) is 0 Å². The average Bonchev–Trinajstić information content (AvgIpc) is 2.83. The van der Waals surface area contributed by atoms with Crippen molar-refractivity contribution in [3.8, 4) is 11.1 Å². The summed E-state index contributed by atoms with van der Waals surface area (Å²) in [5, 5.41) is 0. The monoisotopic (exact) mass is 435 g/mol. The first-order chi connectivity index (χ1) is 10.4. The Kier molecular flexibility index (Phi) is 7.54. The second kappa shape index (κ2) is 8.35. The maximum Gasteiger partial charge on any atom is -1.00 e. The molecule has 24 heavy (non-hydrogen) atoms. The van der Waals surface area contributed by atoms with Gasteiger partial charge in [-0.3, -0.25) is 0 Å². The van der Waals surface area contributed by atoms with Gasteiger partial charge in [0.05, 0.1) is 0 Å². The predicted molar refractivity (Wildman–Crippen MR) is 91.6 cm³/mol. The van der Waals surface area contributed by atoms with Gasteiger partial charge < -0.3 is 24.8 Å². The van der Waals surface area contributed by atoms with Gasteiger partial charge >= 0.3 is 150 Å². The van der Waals surface area contributed by atoms with Crippen molar-refractivity contribution in [2.45, 2.75) is 43.2 Å². The summed E-state index contributed by atoms with van der Waals surface area (Å²) in [5.41, 5.74) is 8.89. The molecule has 1 aliphatic rings. The number of hydrogen-bond donors (Lipinski definition) is 0. The summed E-state index contributed by atoms with van der Waals surface area (Å²) in [7, 11) is 0. The van der Waals surface area contributed by atoms with Crippen LogP contribution in [0.3, 0.4) is 0 Å².